The fourth-order valence-corrected chi connectivity index (χ4v) is 2.99. The average Bonchev–Trinajstić information content (AvgIpc) is 2.96. The van der Waals surface area contributed by atoms with Crippen LogP contribution in [-0.4, -0.2) is 73.1 Å². The number of ether oxygens (including phenoxy) is 1. The van der Waals surface area contributed by atoms with E-state index in [1.54, 1.807) is 12.3 Å². The van der Waals surface area contributed by atoms with Crippen molar-refractivity contribution >= 4 is 17.5 Å². The van der Waals surface area contributed by atoms with E-state index in [0.29, 0.717) is 13.2 Å². The Labute approximate surface area is 149 Å². The molecule has 2 aliphatic rings. The zero-order chi connectivity index (χ0) is 18.7. The highest BCUT2D eigenvalue weighted by Gasteiger charge is 2.50. The van der Waals surface area contributed by atoms with Crippen molar-refractivity contribution in [2.45, 2.75) is 12.0 Å². The molecule has 1 N–H and O–H groups in total. The molecular weight excluding hydrogens is 346 g/mol. The SMILES string of the molecule is C=CC(=O)N1CC(NC(=O)c2ccc(N3CCOCC3)cn2)C(F)(F)C1. The van der Waals surface area contributed by atoms with Gasteiger partial charge in [-0.05, 0) is 18.2 Å². The van der Waals surface area contributed by atoms with Gasteiger partial charge >= 0.3 is 0 Å². The molecule has 2 amide bonds. The van der Waals surface area contributed by atoms with Gasteiger partial charge in [-0.3, -0.25) is 9.59 Å². The Balaban J connectivity index is 1.64. The quantitative estimate of drug-likeness (QED) is 0.794. The first-order chi connectivity index (χ1) is 12.4. The maximum absolute atomic E-state index is 14.1. The second-order valence-electron chi connectivity index (χ2n) is 6.21. The molecule has 1 atom stereocenters. The molecule has 3 rings (SSSR count). The lowest BCUT2D eigenvalue weighted by molar-refractivity contribution is -0.126. The number of rotatable bonds is 4. The fraction of sp³-hybridized carbons (Fsp3) is 0.471. The molecule has 0 aliphatic carbocycles. The second-order valence-corrected chi connectivity index (χ2v) is 6.21. The van der Waals surface area contributed by atoms with E-state index >= 15 is 0 Å². The van der Waals surface area contributed by atoms with Crippen LogP contribution in [0, 0.1) is 0 Å². The standard InChI is InChI=1S/C17H20F2N4O3/c1-2-15(24)23-10-14(17(18,19)11-23)21-16(25)13-4-3-12(9-20-13)22-5-7-26-8-6-22/h2-4,9,14H,1,5-8,10-11H2,(H,21,25). The second kappa shape index (κ2) is 7.36. The van der Waals surface area contributed by atoms with Gasteiger partial charge in [-0.1, -0.05) is 6.58 Å². The van der Waals surface area contributed by atoms with Gasteiger partial charge in [0.2, 0.25) is 5.91 Å². The van der Waals surface area contributed by atoms with Gasteiger partial charge in [0.25, 0.3) is 11.8 Å². The van der Waals surface area contributed by atoms with E-state index < -0.39 is 30.3 Å². The van der Waals surface area contributed by atoms with E-state index in [4.69, 9.17) is 4.74 Å². The smallest absolute Gasteiger partial charge is 0.286 e. The van der Waals surface area contributed by atoms with Crippen LogP contribution in [0.3, 0.4) is 0 Å². The highest BCUT2D eigenvalue weighted by Crippen LogP contribution is 2.28. The minimum absolute atomic E-state index is 0.0475. The topological polar surface area (TPSA) is 74.8 Å². The summed E-state index contributed by atoms with van der Waals surface area (Å²) in [6.45, 7) is 4.99. The molecule has 0 bridgehead atoms. The van der Waals surface area contributed by atoms with Crippen LogP contribution in [0.5, 0.6) is 0 Å². The highest BCUT2D eigenvalue weighted by molar-refractivity contribution is 5.93. The Kier molecular flexibility index (Phi) is 5.17. The largest absolute Gasteiger partial charge is 0.378 e. The third-order valence-corrected chi connectivity index (χ3v) is 4.46. The van der Waals surface area contributed by atoms with E-state index in [9.17, 15) is 18.4 Å². The Morgan fingerprint density at radius 2 is 2.08 bits per heavy atom. The first kappa shape index (κ1) is 18.2. The minimum atomic E-state index is -3.21. The number of halogens is 2. The molecule has 0 radical (unpaired) electrons. The van der Waals surface area contributed by atoms with Crippen molar-refractivity contribution in [3.63, 3.8) is 0 Å². The van der Waals surface area contributed by atoms with E-state index in [-0.39, 0.29) is 12.2 Å². The average molecular weight is 366 g/mol. The third-order valence-electron chi connectivity index (χ3n) is 4.46. The summed E-state index contributed by atoms with van der Waals surface area (Å²) in [5.41, 5.74) is 0.894. The zero-order valence-corrected chi connectivity index (χ0v) is 14.2. The van der Waals surface area contributed by atoms with Crippen LogP contribution in [0.25, 0.3) is 0 Å². The number of carbonyl (C=O) groups excluding carboxylic acids is 2. The maximum atomic E-state index is 14.1. The molecule has 0 saturated carbocycles. The predicted octanol–water partition coefficient (Wildman–Crippen LogP) is 0.680. The van der Waals surface area contributed by atoms with Crippen LogP contribution >= 0.6 is 0 Å². The number of likely N-dealkylation sites (tertiary alicyclic amines) is 1. The van der Waals surface area contributed by atoms with E-state index in [2.05, 4.69) is 21.8 Å². The lowest BCUT2D eigenvalue weighted by Crippen LogP contribution is -2.47. The lowest BCUT2D eigenvalue weighted by atomic mass is 10.2. The molecule has 7 nitrogen and oxygen atoms in total. The first-order valence-electron chi connectivity index (χ1n) is 8.29. The van der Waals surface area contributed by atoms with Crippen molar-refractivity contribution in [2.24, 2.45) is 0 Å². The van der Waals surface area contributed by atoms with Crippen molar-refractivity contribution in [3.05, 3.63) is 36.7 Å². The number of alkyl halides is 2. The molecular formula is C17H20F2N4O3. The Bertz CT molecular complexity index is 690. The van der Waals surface area contributed by atoms with Gasteiger partial charge < -0.3 is 19.9 Å². The van der Waals surface area contributed by atoms with Crippen LogP contribution in [-0.2, 0) is 9.53 Å². The summed E-state index contributed by atoms with van der Waals surface area (Å²) in [6, 6.07) is 1.77. The summed E-state index contributed by atoms with van der Waals surface area (Å²) in [7, 11) is 0. The lowest BCUT2D eigenvalue weighted by Gasteiger charge is -2.28. The normalized spacial score (nSPS) is 22.2. The molecule has 9 heteroatoms. The number of morpholine rings is 1. The van der Waals surface area contributed by atoms with Gasteiger partial charge in [0.05, 0.1) is 31.6 Å². The minimum Gasteiger partial charge on any atom is -0.378 e. The Morgan fingerprint density at radius 3 is 2.69 bits per heavy atom. The molecule has 0 aromatic carbocycles. The Hall–Kier alpha value is -2.55. The molecule has 1 unspecified atom stereocenters. The zero-order valence-electron chi connectivity index (χ0n) is 14.2. The molecule has 26 heavy (non-hydrogen) atoms. The van der Waals surface area contributed by atoms with Gasteiger partial charge in [0.15, 0.2) is 0 Å². The molecule has 140 valence electrons. The molecule has 2 aliphatic heterocycles. The summed E-state index contributed by atoms with van der Waals surface area (Å²) in [5, 5.41) is 2.28. The third kappa shape index (κ3) is 3.82. The van der Waals surface area contributed by atoms with Crippen LogP contribution in [0.1, 0.15) is 10.5 Å². The van der Waals surface area contributed by atoms with Crippen LogP contribution in [0.2, 0.25) is 0 Å². The molecule has 3 heterocycles. The van der Waals surface area contributed by atoms with E-state index in [1.807, 2.05) is 0 Å². The number of hydrogen-bond donors (Lipinski definition) is 1. The Morgan fingerprint density at radius 1 is 1.35 bits per heavy atom. The van der Waals surface area contributed by atoms with Crippen molar-refractivity contribution in [1.29, 1.82) is 0 Å². The van der Waals surface area contributed by atoms with Gasteiger partial charge in [-0.25, -0.2) is 13.8 Å². The van der Waals surface area contributed by atoms with Gasteiger partial charge in [0, 0.05) is 19.6 Å². The monoisotopic (exact) mass is 366 g/mol. The summed E-state index contributed by atoms with van der Waals surface area (Å²) in [5.74, 6) is -4.49. The van der Waals surface area contributed by atoms with Gasteiger partial charge in [-0.15, -0.1) is 0 Å². The maximum Gasteiger partial charge on any atom is 0.286 e. The number of carbonyl (C=O) groups is 2. The number of nitrogens with zero attached hydrogens (tertiary/aromatic N) is 3. The number of aromatic nitrogens is 1. The van der Waals surface area contributed by atoms with Crippen molar-refractivity contribution in [1.82, 2.24) is 15.2 Å². The molecule has 2 saturated heterocycles. The van der Waals surface area contributed by atoms with Crippen molar-refractivity contribution in [3.8, 4) is 0 Å². The molecule has 2 fully saturated rings. The number of nitrogens with one attached hydrogen (secondary N) is 1. The predicted molar refractivity (Wildman–Crippen MR) is 90.2 cm³/mol. The van der Waals surface area contributed by atoms with Crippen LogP contribution < -0.4 is 10.2 Å². The van der Waals surface area contributed by atoms with E-state index in [0.717, 1.165) is 29.8 Å². The number of anilines is 1. The molecule has 0 spiro atoms. The first-order valence-corrected chi connectivity index (χ1v) is 8.29. The summed E-state index contributed by atoms with van der Waals surface area (Å²) in [6.07, 6.45) is 2.52. The summed E-state index contributed by atoms with van der Waals surface area (Å²) in [4.78, 5) is 30.9. The van der Waals surface area contributed by atoms with Crippen LogP contribution in [0.15, 0.2) is 31.0 Å². The highest BCUT2D eigenvalue weighted by atomic mass is 19.3. The summed E-state index contributed by atoms with van der Waals surface area (Å²) < 4.78 is 33.4. The molecule has 1 aromatic rings. The van der Waals surface area contributed by atoms with Gasteiger partial charge in [0.1, 0.15) is 11.7 Å². The van der Waals surface area contributed by atoms with Crippen molar-refractivity contribution in [2.75, 3.05) is 44.3 Å². The van der Waals surface area contributed by atoms with Crippen LogP contribution in [0.4, 0.5) is 14.5 Å². The fourth-order valence-electron chi connectivity index (χ4n) is 2.99. The van der Waals surface area contributed by atoms with Gasteiger partial charge in [-0.2, -0.15) is 0 Å². The van der Waals surface area contributed by atoms with Crippen molar-refractivity contribution < 1.29 is 23.1 Å². The van der Waals surface area contributed by atoms with E-state index in [1.165, 1.54) is 6.07 Å². The summed E-state index contributed by atoms with van der Waals surface area (Å²) >= 11 is 0. The number of hydrogen-bond acceptors (Lipinski definition) is 5. The number of pyridine rings is 1. The number of amides is 2. The molecule has 1 aromatic heterocycles.